The lowest BCUT2D eigenvalue weighted by Crippen LogP contribution is -2.20. The van der Waals surface area contributed by atoms with Crippen molar-refractivity contribution >= 4 is 28.4 Å². The molecule has 3 aromatic carbocycles. The van der Waals surface area contributed by atoms with Gasteiger partial charge in [-0.25, -0.2) is 4.79 Å². The minimum Gasteiger partial charge on any atom is -0.454 e. The maximum Gasteiger partial charge on any atom is 0.416 e. The van der Waals surface area contributed by atoms with Gasteiger partial charge in [-0.3, -0.25) is 0 Å². The highest BCUT2D eigenvalue weighted by molar-refractivity contribution is 6.05. The van der Waals surface area contributed by atoms with E-state index in [2.05, 4.69) is 30.5 Å². The minimum absolute atomic E-state index is 0.0450. The fourth-order valence-corrected chi connectivity index (χ4v) is 3.81. The number of benzene rings is 3. The molecule has 7 heteroatoms. The van der Waals surface area contributed by atoms with Gasteiger partial charge in [0, 0.05) is 16.6 Å². The summed E-state index contributed by atoms with van der Waals surface area (Å²) in [5.74, 6) is 0.978. The molecule has 2 N–H and O–H groups in total. The van der Waals surface area contributed by atoms with E-state index < -0.39 is 17.8 Å². The second-order valence-electron chi connectivity index (χ2n) is 8.18. The standard InChI is InChI=1S/C26H23F3N2O2/c1-15(2)19-8-4-5-9-20(19)23-13-17-7-6-10-22(24(17)33-23)31-25(32)30-18-12-11-16(3)21(14-18)26(27,28)29/h4-15H,1-3H3,(H2,30,31,32). The average molecular weight is 452 g/mol. The van der Waals surface area contributed by atoms with Gasteiger partial charge < -0.3 is 15.1 Å². The summed E-state index contributed by atoms with van der Waals surface area (Å²) in [4.78, 5) is 12.5. The Morgan fingerprint density at radius 2 is 1.70 bits per heavy atom. The molecule has 0 aliphatic heterocycles. The third kappa shape index (κ3) is 4.72. The van der Waals surface area contributed by atoms with Gasteiger partial charge in [0.15, 0.2) is 5.58 Å². The molecule has 0 aliphatic rings. The number of halogens is 3. The Kier molecular flexibility index (Phi) is 5.89. The summed E-state index contributed by atoms with van der Waals surface area (Å²) in [6.07, 6.45) is -4.50. The Hall–Kier alpha value is -3.74. The highest BCUT2D eigenvalue weighted by Gasteiger charge is 2.32. The number of carbonyl (C=O) groups is 1. The van der Waals surface area contributed by atoms with E-state index in [-0.39, 0.29) is 11.3 Å². The Labute approximate surface area is 189 Å². The summed E-state index contributed by atoms with van der Waals surface area (Å²) in [5, 5.41) is 5.95. The third-order valence-electron chi connectivity index (χ3n) is 5.44. The van der Waals surface area contributed by atoms with Crippen molar-refractivity contribution in [2.45, 2.75) is 32.9 Å². The number of anilines is 2. The molecule has 1 aromatic heterocycles. The average Bonchev–Trinajstić information content (AvgIpc) is 3.19. The smallest absolute Gasteiger partial charge is 0.416 e. The highest BCUT2D eigenvalue weighted by Crippen LogP contribution is 2.36. The molecule has 4 rings (SSSR count). The first-order valence-electron chi connectivity index (χ1n) is 10.5. The zero-order chi connectivity index (χ0) is 23.8. The van der Waals surface area contributed by atoms with Crippen LogP contribution >= 0.6 is 0 Å². The van der Waals surface area contributed by atoms with E-state index in [4.69, 9.17) is 4.42 Å². The van der Waals surface area contributed by atoms with Crippen LogP contribution in [0.3, 0.4) is 0 Å². The fourth-order valence-electron chi connectivity index (χ4n) is 3.81. The van der Waals surface area contributed by atoms with Crippen molar-refractivity contribution in [2.75, 3.05) is 10.6 Å². The largest absolute Gasteiger partial charge is 0.454 e. The molecule has 0 aliphatic carbocycles. The Bertz CT molecular complexity index is 1320. The normalized spacial score (nSPS) is 11.7. The van der Waals surface area contributed by atoms with Crippen LogP contribution in [0.1, 0.15) is 36.5 Å². The molecule has 4 aromatic rings. The first-order chi connectivity index (χ1) is 15.6. The Morgan fingerprint density at radius 1 is 0.939 bits per heavy atom. The van der Waals surface area contributed by atoms with Crippen LogP contribution in [-0.2, 0) is 6.18 Å². The van der Waals surface area contributed by atoms with Crippen molar-refractivity contribution in [2.24, 2.45) is 0 Å². The fraction of sp³-hybridized carbons (Fsp3) is 0.192. The van der Waals surface area contributed by atoms with Gasteiger partial charge in [-0.15, -0.1) is 0 Å². The van der Waals surface area contributed by atoms with Gasteiger partial charge in [-0.05, 0) is 48.2 Å². The van der Waals surface area contributed by atoms with Crippen LogP contribution in [-0.4, -0.2) is 6.03 Å². The monoisotopic (exact) mass is 452 g/mol. The number of amides is 2. The second kappa shape index (κ2) is 8.65. The third-order valence-corrected chi connectivity index (χ3v) is 5.44. The lowest BCUT2D eigenvalue weighted by Gasteiger charge is -2.13. The summed E-state index contributed by atoms with van der Waals surface area (Å²) < 4.78 is 45.6. The predicted molar refractivity (Wildman–Crippen MR) is 125 cm³/mol. The van der Waals surface area contributed by atoms with Crippen molar-refractivity contribution < 1.29 is 22.4 Å². The maximum atomic E-state index is 13.2. The van der Waals surface area contributed by atoms with Gasteiger partial charge in [-0.1, -0.05) is 56.3 Å². The van der Waals surface area contributed by atoms with Gasteiger partial charge >= 0.3 is 12.2 Å². The van der Waals surface area contributed by atoms with Gasteiger partial charge in [-0.2, -0.15) is 13.2 Å². The Balaban J connectivity index is 1.61. The molecule has 33 heavy (non-hydrogen) atoms. The van der Waals surface area contributed by atoms with Crippen molar-refractivity contribution in [1.29, 1.82) is 0 Å². The number of aryl methyl sites for hydroxylation is 1. The van der Waals surface area contributed by atoms with Crippen LogP contribution in [0.5, 0.6) is 0 Å². The first kappa shape index (κ1) is 22.5. The van der Waals surface area contributed by atoms with Crippen LogP contribution in [0, 0.1) is 6.92 Å². The molecule has 170 valence electrons. The van der Waals surface area contributed by atoms with Crippen LogP contribution in [0.4, 0.5) is 29.3 Å². The highest BCUT2D eigenvalue weighted by atomic mass is 19.4. The van der Waals surface area contributed by atoms with Crippen molar-refractivity contribution in [3.8, 4) is 11.3 Å². The molecule has 0 fully saturated rings. The van der Waals surface area contributed by atoms with E-state index in [0.29, 0.717) is 22.9 Å². The number of carbonyl (C=O) groups excluding carboxylic acids is 1. The first-order valence-corrected chi connectivity index (χ1v) is 10.5. The molecular weight excluding hydrogens is 429 g/mol. The molecule has 0 spiro atoms. The topological polar surface area (TPSA) is 54.3 Å². The summed E-state index contributed by atoms with van der Waals surface area (Å²) in [7, 11) is 0. The van der Waals surface area contributed by atoms with Gasteiger partial charge in [0.1, 0.15) is 5.76 Å². The number of rotatable bonds is 4. The predicted octanol–water partition coefficient (Wildman–Crippen LogP) is 8.19. The number of hydrogen-bond donors (Lipinski definition) is 2. The van der Waals surface area contributed by atoms with Gasteiger partial charge in [0.2, 0.25) is 0 Å². The molecule has 2 amide bonds. The number of fused-ring (bicyclic) bond motifs is 1. The van der Waals surface area contributed by atoms with E-state index in [1.807, 2.05) is 30.3 Å². The second-order valence-corrected chi connectivity index (χ2v) is 8.18. The molecule has 0 saturated carbocycles. The van der Waals surface area contributed by atoms with E-state index in [9.17, 15) is 18.0 Å². The van der Waals surface area contributed by atoms with E-state index in [1.165, 1.54) is 19.1 Å². The maximum absolute atomic E-state index is 13.2. The molecule has 0 bridgehead atoms. The number of urea groups is 1. The van der Waals surface area contributed by atoms with Crippen LogP contribution in [0.25, 0.3) is 22.3 Å². The van der Waals surface area contributed by atoms with E-state index >= 15 is 0 Å². The molecule has 1 heterocycles. The number of alkyl halides is 3. The number of para-hydroxylation sites is 1. The van der Waals surface area contributed by atoms with E-state index in [0.717, 1.165) is 22.6 Å². The molecule has 0 radical (unpaired) electrons. The molecular formula is C26H23F3N2O2. The van der Waals surface area contributed by atoms with Crippen LogP contribution in [0.2, 0.25) is 0 Å². The SMILES string of the molecule is Cc1ccc(NC(=O)Nc2cccc3cc(-c4ccccc4C(C)C)oc23)cc1C(F)(F)F. The quantitative estimate of drug-likeness (QED) is 0.328. The summed E-state index contributed by atoms with van der Waals surface area (Å²) in [5.41, 5.74) is 2.36. The zero-order valence-corrected chi connectivity index (χ0v) is 18.4. The summed E-state index contributed by atoms with van der Waals surface area (Å²) >= 11 is 0. The van der Waals surface area contributed by atoms with Gasteiger partial charge in [0.05, 0.1) is 11.3 Å². The van der Waals surface area contributed by atoms with Crippen molar-refractivity contribution in [1.82, 2.24) is 0 Å². The van der Waals surface area contributed by atoms with Crippen LogP contribution < -0.4 is 10.6 Å². The summed E-state index contributed by atoms with van der Waals surface area (Å²) in [6, 6.07) is 18.2. The molecule has 4 nitrogen and oxygen atoms in total. The Morgan fingerprint density at radius 3 is 2.42 bits per heavy atom. The van der Waals surface area contributed by atoms with Crippen molar-refractivity contribution in [3.63, 3.8) is 0 Å². The molecule has 0 saturated heterocycles. The molecule has 0 unspecified atom stereocenters. The van der Waals surface area contributed by atoms with E-state index in [1.54, 1.807) is 12.1 Å². The lowest BCUT2D eigenvalue weighted by atomic mass is 9.96. The van der Waals surface area contributed by atoms with Gasteiger partial charge in [0.25, 0.3) is 0 Å². The lowest BCUT2D eigenvalue weighted by molar-refractivity contribution is -0.138. The van der Waals surface area contributed by atoms with Crippen LogP contribution in [0.15, 0.2) is 71.1 Å². The number of furan rings is 1. The minimum atomic E-state index is -4.50. The number of nitrogens with one attached hydrogen (secondary N) is 2. The molecule has 0 atom stereocenters. The van der Waals surface area contributed by atoms with Crippen molar-refractivity contribution in [3.05, 3.63) is 83.4 Å². The zero-order valence-electron chi connectivity index (χ0n) is 18.4. The summed E-state index contributed by atoms with van der Waals surface area (Å²) in [6.45, 7) is 5.58. The number of hydrogen-bond acceptors (Lipinski definition) is 2.